The van der Waals surface area contributed by atoms with Gasteiger partial charge in [-0.25, -0.2) is 0 Å². The molecule has 1 N–H and O–H groups in total. The standard InChI is InChI=1S/C21H29N3O/c1-23(2)12-11-18-7-9-20(10-8-18)22-17-19-5-3-4-6-21(19)24-13-15-25-16-14-24/h3-10,22H,11-17H2,1-2H3. The lowest BCUT2D eigenvalue weighted by atomic mass is 10.1. The molecular formula is C21H29N3O. The molecule has 4 nitrogen and oxygen atoms in total. The highest BCUT2D eigenvalue weighted by Crippen LogP contribution is 2.22. The van der Waals surface area contributed by atoms with E-state index < -0.39 is 0 Å². The van der Waals surface area contributed by atoms with Crippen molar-refractivity contribution in [3.05, 3.63) is 59.7 Å². The molecule has 0 spiro atoms. The molecule has 2 aromatic rings. The summed E-state index contributed by atoms with van der Waals surface area (Å²) in [5.74, 6) is 0. The molecule has 4 heteroatoms. The first-order valence-electron chi connectivity index (χ1n) is 9.10. The van der Waals surface area contributed by atoms with E-state index >= 15 is 0 Å². The molecule has 1 aliphatic heterocycles. The van der Waals surface area contributed by atoms with Crippen LogP contribution in [0.2, 0.25) is 0 Å². The third kappa shape index (κ3) is 5.21. The predicted molar refractivity (Wildman–Crippen MR) is 106 cm³/mol. The molecule has 2 aromatic carbocycles. The van der Waals surface area contributed by atoms with Crippen LogP contribution in [0.25, 0.3) is 0 Å². The minimum absolute atomic E-state index is 0.816. The van der Waals surface area contributed by atoms with Gasteiger partial charge < -0.3 is 19.9 Å². The molecule has 3 rings (SSSR count). The number of likely N-dealkylation sites (N-methyl/N-ethyl adjacent to an activating group) is 1. The second kappa shape index (κ2) is 8.88. The van der Waals surface area contributed by atoms with Crippen molar-refractivity contribution >= 4 is 11.4 Å². The van der Waals surface area contributed by atoms with E-state index in [0.717, 1.165) is 45.8 Å². The largest absolute Gasteiger partial charge is 0.381 e. The monoisotopic (exact) mass is 339 g/mol. The van der Waals surface area contributed by atoms with E-state index in [1.165, 1.54) is 22.5 Å². The maximum Gasteiger partial charge on any atom is 0.0642 e. The van der Waals surface area contributed by atoms with Crippen molar-refractivity contribution < 1.29 is 4.74 Å². The molecule has 0 aromatic heterocycles. The molecule has 0 aliphatic carbocycles. The summed E-state index contributed by atoms with van der Waals surface area (Å²) in [5.41, 5.74) is 5.21. The lowest BCUT2D eigenvalue weighted by Crippen LogP contribution is -2.36. The Morgan fingerprint density at radius 1 is 1.00 bits per heavy atom. The first kappa shape index (κ1) is 17.8. The van der Waals surface area contributed by atoms with E-state index in [4.69, 9.17) is 4.74 Å². The third-order valence-electron chi connectivity index (χ3n) is 4.63. The van der Waals surface area contributed by atoms with Crippen molar-refractivity contribution in [2.24, 2.45) is 0 Å². The van der Waals surface area contributed by atoms with Crippen LogP contribution >= 0.6 is 0 Å². The lowest BCUT2D eigenvalue weighted by molar-refractivity contribution is 0.122. The molecular weight excluding hydrogens is 310 g/mol. The molecule has 1 saturated heterocycles. The quantitative estimate of drug-likeness (QED) is 0.838. The van der Waals surface area contributed by atoms with Crippen LogP contribution in [0.4, 0.5) is 11.4 Å². The number of benzene rings is 2. The Hall–Kier alpha value is -2.04. The molecule has 0 atom stereocenters. The Balaban J connectivity index is 1.60. The topological polar surface area (TPSA) is 27.7 Å². The first-order chi connectivity index (χ1) is 12.2. The van der Waals surface area contributed by atoms with Crippen LogP contribution < -0.4 is 10.2 Å². The highest BCUT2D eigenvalue weighted by molar-refractivity contribution is 5.56. The number of rotatable bonds is 7. The van der Waals surface area contributed by atoms with Gasteiger partial charge in [0.1, 0.15) is 0 Å². The van der Waals surface area contributed by atoms with Crippen LogP contribution in [0.1, 0.15) is 11.1 Å². The number of morpholine rings is 1. The molecule has 0 bridgehead atoms. The number of hydrogen-bond acceptors (Lipinski definition) is 4. The summed E-state index contributed by atoms with van der Waals surface area (Å²) < 4.78 is 5.48. The van der Waals surface area contributed by atoms with Gasteiger partial charge in [0.15, 0.2) is 0 Å². The minimum Gasteiger partial charge on any atom is -0.381 e. The Bertz CT molecular complexity index is 648. The van der Waals surface area contributed by atoms with Gasteiger partial charge in [0.2, 0.25) is 0 Å². The minimum atomic E-state index is 0.816. The van der Waals surface area contributed by atoms with Crippen molar-refractivity contribution in [2.75, 3.05) is 57.2 Å². The predicted octanol–water partition coefficient (Wildman–Crippen LogP) is 3.24. The van der Waals surface area contributed by atoms with E-state index in [0.29, 0.717) is 0 Å². The SMILES string of the molecule is CN(C)CCc1ccc(NCc2ccccc2N2CCOCC2)cc1. The smallest absolute Gasteiger partial charge is 0.0642 e. The zero-order valence-corrected chi connectivity index (χ0v) is 15.4. The van der Waals surface area contributed by atoms with Crippen LogP contribution in [0.3, 0.4) is 0 Å². The summed E-state index contributed by atoms with van der Waals surface area (Å²) in [5, 5.41) is 3.56. The second-order valence-corrected chi connectivity index (χ2v) is 6.83. The highest BCUT2D eigenvalue weighted by atomic mass is 16.5. The summed E-state index contributed by atoms with van der Waals surface area (Å²) in [7, 11) is 4.23. The van der Waals surface area contributed by atoms with Crippen molar-refractivity contribution in [3.8, 4) is 0 Å². The summed E-state index contributed by atoms with van der Waals surface area (Å²) in [4.78, 5) is 4.64. The maximum atomic E-state index is 5.48. The average Bonchev–Trinajstić information content (AvgIpc) is 2.66. The fraction of sp³-hybridized carbons (Fsp3) is 0.429. The van der Waals surface area contributed by atoms with Gasteiger partial charge in [-0.3, -0.25) is 0 Å². The molecule has 134 valence electrons. The second-order valence-electron chi connectivity index (χ2n) is 6.83. The van der Waals surface area contributed by atoms with E-state index in [9.17, 15) is 0 Å². The Morgan fingerprint density at radius 2 is 1.72 bits per heavy atom. The zero-order valence-electron chi connectivity index (χ0n) is 15.4. The summed E-state index contributed by atoms with van der Waals surface area (Å²) in [6.07, 6.45) is 1.09. The fourth-order valence-corrected chi connectivity index (χ4v) is 3.11. The summed E-state index contributed by atoms with van der Waals surface area (Å²) >= 11 is 0. The number of ether oxygens (including phenoxy) is 1. The molecule has 1 fully saturated rings. The number of nitrogens with one attached hydrogen (secondary N) is 1. The molecule has 1 aliphatic rings. The summed E-state index contributed by atoms with van der Waals surface area (Å²) in [6.45, 7) is 5.49. The Morgan fingerprint density at radius 3 is 2.44 bits per heavy atom. The van der Waals surface area contributed by atoms with Gasteiger partial charge in [0.25, 0.3) is 0 Å². The lowest BCUT2D eigenvalue weighted by Gasteiger charge is -2.30. The van der Waals surface area contributed by atoms with Crippen molar-refractivity contribution in [2.45, 2.75) is 13.0 Å². The number of para-hydroxylation sites is 1. The van der Waals surface area contributed by atoms with Crippen LogP contribution in [-0.4, -0.2) is 51.8 Å². The molecule has 0 radical (unpaired) electrons. The van der Waals surface area contributed by atoms with E-state index in [1.807, 2.05) is 0 Å². The zero-order chi connectivity index (χ0) is 17.5. The molecule has 0 amide bonds. The Kier molecular flexibility index (Phi) is 6.31. The van der Waals surface area contributed by atoms with Gasteiger partial charge >= 0.3 is 0 Å². The van der Waals surface area contributed by atoms with Gasteiger partial charge in [-0.1, -0.05) is 30.3 Å². The van der Waals surface area contributed by atoms with Crippen LogP contribution in [0.5, 0.6) is 0 Å². The van der Waals surface area contributed by atoms with E-state index in [1.54, 1.807) is 0 Å². The molecule has 0 saturated carbocycles. The highest BCUT2D eigenvalue weighted by Gasteiger charge is 2.14. The normalized spacial score (nSPS) is 14.8. The maximum absolute atomic E-state index is 5.48. The van der Waals surface area contributed by atoms with Crippen molar-refractivity contribution in [3.63, 3.8) is 0 Å². The molecule has 1 heterocycles. The summed E-state index contributed by atoms with van der Waals surface area (Å²) in [6, 6.07) is 17.5. The van der Waals surface area contributed by atoms with Crippen LogP contribution in [-0.2, 0) is 17.7 Å². The van der Waals surface area contributed by atoms with Crippen LogP contribution in [0.15, 0.2) is 48.5 Å². The van der Waals surface area contributed by atoms with Crippen molar-refractivity contribution in [1.82, 2.24) is 4.90 Å². The molecule has 25 heavy (non-hydrogen) atoms. The fourth-order valence-electron chi connectivity index (χ4n) is 3.11. The third-order valence-corrected chi connectivity index (χ3v) is 4.63. The number of hydrogen-bond donors (Lipinski definition) is 1. The van der Waals surface area contributed by atoms with Gasteiger partial charge in [0.05, 0.1) is 13.2 Å². The average molecular weight is 339 g/mol. The number of anilines is 2. The van der Waals surface area contributed by atoms with E-state index in [2.05, 4.69) is 77.7 Å². The Labute approximate surface area is 151 Å². The van der Waals surface area contributed by atoms with Gasteiger partial charge in [-0.05, 0) is 49.8 Å². The van der Waals surface area contributed by atoms with Gasteiger partial charge in [-0.2, -0.15) is 0 Å². The van der Waals surface area contributed by atoms with Crippen LogP contribution in [0, 0.1) is 0 Å². The van der Waals surface area contributed by atoms with Gasteiger partial charge in [0, 0.05) is 37.6 Å². The molecule has 0 unspecified atom stereocenters. The van der Waals surface area contributed by atoms with E-state index in [-0.39, 0.29) is 0 Å². The first-order valence-corrected chi connectivity index (χ1v) is 9.10. The van der Waals surface area contributed by atoms with Crippen molar-refractivity contribution in [1.29, 1.82) is 0 Å². The number of nitrogens with zero attached hydrogens (tertiary/aromatic N) is 2. The van der Waals surface area contributed by atoms with Gasteiger partial charge in [-0.15, -0.1) is 0 Å².